The predicted molar refractivity (Wildman–Crippen MR) is 66.7 cm³/mol. The van der Waals surface area contributed by atoms with Gasteiger partial charge in [0.1, 0.15) is 12.4 Å². The van der Waals surface area contributed by atoms with E-state index < -0.39 is 5.60 Å². The van der Waals surface area contributed by atoms with E-state index in [1.54, 1.807) is 24.3 Å². The summed E-state index contributed by atoms with van der Waals surface area (Å²) in [5, 5.41) is 10.1. The van der Waals surface area contributed by atoms with Crippen LogP contribution in [0.2, 0.25) is 0 Å². The minimum atomic E-state index is -0.680. The molecular weight excluding hydrogens is 232 g/mol. The summed E-state index contributed by atoms with van der Waals surface area (Å²) in [5.41, 5.74) is -0.189. The first kappa shape index (κ1) is 12.9. The summed E-state index contributed by atoms with van der Waals surface area (Å²) >= 11 is 0. The van der Waals surface area contributed by atoms with Crippen molar-refractivity contribution in [3.63, 3.8) is 0 Å². The fourth-order valence-electron chi connectivity index (χ4n) is 2.20. The Morgan fingerprint density at radius 2 is 1.89 bits per heavy atom. The fourth-order valence-corrected chi connectivity index (χ4v) is 2.20. The molecule has 2 rings (SSSR count). The van der Waals surface area contributed by atoms with Crippen molar-refractivity contribution in [3.8, 4) is 5.75 Å². The Kier molecular flexibility index (Phi) is 3.87. The van der Waals surface area contributed by atoms with Crippen molar-refractivity contribution in [1.29, 1.82) is 0 Å². The number of carbonyl (C=O) groups is 1. The van der Waals surface area contributed by atoms with Crippen molar-refractivity contribution in [3.05, 3.63) is 29.8 Å². The van der Waals surface area contributed by atoms with Gasteiger partial charge < -0.3 is 14.6 Å². The lowest BCUT2D eigenvalue weighted by Gasteiger charge is -2.22. The predicted octanol–water partition coefficient (Wildman–Crippen LogP) is 2.16. The van der Waals surface area contributed by atoms with Crippen LogP contribution in [-0.4, -0.2) is 30.4 Å². The molecule has 1 N–H and O–H groups in total. The van der Waals surface area contributed by atoms with Crippen LogP contribution in [0.5, 0.6) is 5.75 Å². The highest BCUT2D eigenvalue weighted by Gasteiger charge is 2.31. The van der Waals surface area contributed by atoms with Gasteiger partial charge in [-0.25, -0.2) is 4.79 Å². The van der Waals surface area contributed by atoms with Crippen LogP contribution in [0.25, 0.3) is 0 Å². The first-order valence-corrected chi connectivity index (χ1v) is 6.16. The van der Waals surface area contributed by atoms with Gasteiger partial charge in [0.05, 0.1) is 18.3 Å². The van der Waals surface area contributed by atoms with Crippen LogP contribution in [0.3, 0.4) is 0 Å². The Labute approximate surface area is 107 Å². The number of rotatable bonds is 4. The smallest absolute Gasteiger partial charge is 0.337 e. The molecule has 0 bridgehead atoms. The number of aliphatic hydroxyl groups is 1. The fraction of sp³-hybridized carbons (Fsp3) is 0.500. The van der Waals surface area contributed by atoms with Gasteiger partial charge in [0.15, 0.2) is 0 Å². The zero-order chi connectivity index (χ0) is 13.0. The molecule has 0 spiro atoms. The Morgan fingerprint density at radius 3 is 2.44 bits per heavy atom. The second-order valence-electron chi connectivity index (χ2n) is 4.74. The lowest BCUT2D eigenvalue weighted by molar-refractivity contribution is 0.00139. The number of benzene rings is 1. The highest BCUT2D eigenvalue weighted by Crippen LogP contribution is 2.30. The molecule has 1 aromatic carbocycles. The molecule has 18 heavy (non-hydrogen) atoms. The Morgan fingerprint density at radius 1 is 1.28 bits per heavy atom. The largest absolute Gasteiger partial charge is 0.491 e. The van der Waals surface area contributed by atoms with Crippen molar-refractivity contribution in [2.24, 2.45) is 0 Å². The molecule has 0 amide bonds. The van der Waals surface area contributed by atoms with Crippen molar-refractivity contribution in [2.75, 3.05) is 13.7 Å². The Bertz CT molecular complexity index is 404. The van der Waals surface area contributed by atoms with Gasteiger partial charge in [-0.2, -0.15) is 0 Å². The topological polar surface area (TPSA) is 55.8 Å². The monoisotopic (exact) mass is 250 g/mol. The van der Waals surface area contributed by atoms with Crippen LogP contribution in [-0.2, 0) is 4.74 Å². The van der Waals surface area contributed by atoms with Gasteiger partial charge in [-0.15, -0.1) is 0 Å². The maximum atomic E-state index is 11.2. The van der Waals surface area contributed by atoms with E-state index in [0.29, 0.717) is 17.9 Å². The van der Waals surface area contributed by atoms with Gasteiger partial charge >= 0.3 is 5.97 Å². The summed E-state index contributed by atoms with van der Waals surface area (Å²) in [6, 6.07) is 6.73. The summed E-state index contributed by atoms with van der Waals surface area (Å²) in [4.78, 5) is 11.2. The Balaban J connectivity index is 1.92. The van der Waals surface area contributed by atoms with E-state index in [0.717, 1.165) is 25.7 Å². The van der Waals surface area contributed by atoms with Crippen LogP contribution < -0.4 is 4.74 Å². The molecule has 0 atom stereocenters. The third-order valence-electron chi connectivity index (χ3n) is 3.32. The van der Waals surface area contributed by atoms with Crippen molar-refractivity contribution in [2.45, 2.75) is 31.3 Å². The number of hydrogen-bond acceptors (Lipinski definition) is 4. The molecule has 1 aromatic rings. The van der Waals surface area contributed by atoms with Crippen molar-refractivity contribution >= 4 is 5.97 Å². The lowest BCUT2D eigenvalue weighted by atomic mass is 10.0. The first-order valence-electron chi connectivity index (χ1n) is 6.16. The maximum Gasteiger partial charge on any atom is 0.337 e. The molecule has 0 heterocycles. The SMILES string of the molecule is COC(=O)c1ccc(OCC2(O)CCCC2)cc1. The van der Waals surface area contributed by atoms with Crippen molar-refractivity contribution in [1.82, 2.24) is 0 Å². The van der Waals surface area contributed by atoms with Gasteiger partial charge in [0.2, 0.25) is 0 Å². The molecule has 0 aliphatic heterocycles. The summed E-state index contributed by atoms with van der Waals surface area (Å²) in [6.07, 6.45) is 3.71. The molecule has 0 unspecified atom stereocenters. The summed E-state index contributed by atoms with van der Waals surface area (Å²) in [6.45, 7) is 0.310. The number of hydrogen-bond donors (Lipinski definition) is 1. The zero-order valence-corrected chi connectivity index (χ0v) is 10.5. The molecule has 98 valence electrons. The van der Waals surface area contributed by atoms with E-state index in [2.05, 4.69) is 4.74 Å². The molecule has 4 heteroatoms. The van der Waals surface area contributed by atoms with E-state index >= 15 is 0 Å². The highest BCUT2D eigenvalue weighted by molar-refractivity contribution is 5.89. The maximum absolute atomic E-state index is 11.2. The second-order valence-corrected chi connectivity index (χ2v) is 4.74. The third-order valence-corrected chi connectivity index (χ3v) is 3.32. The third kappa shape index (κ3) is 3.01. The average Bonchev–Trinajstić information content (AvgIpc) is 2.83. The first-order chi connectivity index (χ1) is 8.63. The molecule has 0 aromatic heterocycles. The van der Waals surface area contributed by atoms with Gasteiger partial charge in [-0.05, 0) is 37.1 Å². The standard InChI is InChI=1S/C14H18O4/c1-17-13(15)11-4-6-12(7-5-11)18-10-14(16)8-2-3-9-14/h4-7,16H,2-3,8-10H2,1H3. The molecule has 0 saturated heterocycles. The minimum Gasteiger partial charge on any atom is -0.491 e. The minimum absolute atomic E-state index is 0.310. The summed E-state index contributed by atoms with van der Waals surface area (Å²) in [7, 11) is 1.35. The van der Waals surface area contributed by atoms with Gasteiger partial charge in [0.25, 0.3) is 0 Å². The van der Waals surface area contributed by atoms with E-state index in [1.807, 2.05) is 0 Å². The van der Waals surface area contributed by atoms with Crippen LogP contribution in [0.1, 0.15) is 36.0 Å². The van der Waals surface area contributed by atoms with E-state index in [9.17, 15) is 9.90 Å². The number of methoxy groups -OCH3 is 1. The Hall–Kier alpha value is -1.55. The molecule has 1 saturated carbocycles. The molecular formula is C14H18O4. The van der Waals surface area contributed by atoms with Crippen LogP contribution in [0, 0.1) is 0 Å². The molecule has 1 fully saturated rings. The molecule has 4 nitrogen and oxygen atoms in total. The average molecular weight is 250 g/mol. The van der Waals surface area contributed by atoms with Gasteiger partial charge in [-0.3, -0.25) is 0 Å². The normalized spacial score (nSPS) is 17.4. The number of esters is 1. The lowest BCUT2D eigenvalue weighted by Crippen LogP contribution is -2.32. The highest BCUT2D eigenvalue weighted by atomic mass is 16.5. The quantitative estimate of drug-likeness (QED) is 0.832. The number of carbonyl (C=O) groups excluding carboxylic acids is 1. The van der Waals surface area contributed by atoms with Crippen LogP contribution >= 0.6 is 0 Å². The van der Waals surface area contributed by atoms with E-state index in [-0.39, 0.29) is 5.97 Å². The van der Waals surface area contributed by atoms with Crippen LogP contribution in [0.4, 0.5) is 0 Å². The second kappa shape index (κ2) is 5.40. The summed E-state index contributed by atoms with van der Waals surface area (Å²) < 4.78 is 10.2. The van der Waals surface area contributed by atoms with Gasteiger partial charge in [0, 0.05) is 0 Å². The van der Waals surface area contributed by atoms with Gasteiger partial charge in [-0.1, -0.05) is 12.8 Å². The molecule has 0 radical (unpaired) electrons. The molecule has 1 aliphatic carbocycles. The zero-order valence-electron chi connectivity index (χ0n) is 10.5. The molecule has 1 aliphatic rings. The number of ether oxygens (including phenoxy) is 2. The summed E-state index contributed by atoms with van der Waals surface area (Å²) in [5.74, 6) is 0.291. The van der Waals surface area contributed by atoms with Crippen molar-refractivity contribution < 1.29 is 19.4 Å². The van der Waals surface area contributed by atoms with Crippen LogP contribution in [0.15, 0.2) is 24.3 Å². The van der Waals surface area contributed by atoms with E-state index in [1.165, 1.54) is 7.11 Å². The van der Waals surface area contributed by atoms with E-state index in [4.69, 9.17) is 4.74 Å².